The maximum Gasteiger partial charge on any atom is 0.230 e. The first-order valence-corrected chi connectivity index (χ1v) is 10.8. The molecule has 1 amide bonds. The summed E-state index contributed by atoms with van der Waals surface area (Å²) in [4.78, 5) is 12.2. The first-order chi connectivity index (χ1) is 13.8. The third-order valence-corrected chi connectivity index (χ3v) is 5.31. The summed E-state index contributed by atoms with van der Waals surface area (Å²) in [6, 6.07) is 6.19. The number of carbonyl (C=O) groups is 1. The van der Waals surface area contributed by atoms with Crippen LogP contribution in [0.4, 0.5) is 10.1 Å². The summed E-state index contributed by atoms with van der Waals surface area (Å²) in [6.07, 6.45) is 2.17. The Kier molecular flexibility index (Phi) is 7.13. The lowest BCUT2D eigenvalue weighted by atomic mass is 10.1. The van der Waals surface area contributed by atoms with Gasteiger partial charge >= 0.3 is 0 Å². The Bertz CT molecular complexity index is 813. The second-order valence-corrected chi connectivity index (χ2v) is 9.03. The summed E-state index contributed by atoms with van der Waals surface area (Å²) in [6.45, 7) is 7.72. The van der Waals surface area contributed by atoms with Gasteiger partial charge in [0.05, 0.1) is 24.9 Å². The molecule has 1 atom stereocenters. The molecule has 29 heavy (non-hydrogen) atoms. The van der Waals surface area contributed by atoms with Crippen molar-refractivity contribution < 1.29 is 13.9 Å². The zero-order valence-electron chi connectivity index (χ0n) is 17.1. The van der Waals surface area contributed by atoms with Crippen LogP contribution in [0, 0.1) is 5.82 Å². The van der Waals surface area contributed by atoms with Gasteiger partial charge in [0.1, 0.15) is 5.82 Å². The Morgan fingerprint density at radius 1 is 1.31 bits per heavy atom. The number of ether oxygens (including phenoxy) is 1. The van der Waals surface area contributed by atoms with Crippen molar-refractivity contribution in [2.45, 2.75) is 63.5 Å². The standard InChI is InChI=1S/C20H28FN5O2S/c1-20(2,3)23-18(27)13-29-19-25-24-17(26(19)12-16-5-4-10-28-16)11-22-15-8-6-14(21)7-9-15/h6-9,16,22H,4-5,10-13H2,1-3H3,(H,23,27)/t16-/m1/s1. The summed E-state index contributed by atoms with van der Waals surface area (Å²) >= 11 is 1.37. The van der Waals surface area contributed by atoms with E-state index in [1.807, 2.05) is 25.3 Å². The monoisotopic (exact) mass is 421 g/mol. The van der Waals surface area contributed by atoms with E-state index >= 15 is 0 Å². The number of anilines is 1. The number of aromatic nitrogens is 3. The average molecular weight is 422 g/mol. The number of hydrogen-bond donors (Lipinski definition) is 2. The van der Waals surface area contributed by atoms with Gasteiger partial charge in [0.15, 0.2) is 11.0 Å². The molecular weight excluding hydrogens is 393 g/mol. The van der Waals surface area contributed by atoms with Crippen LogP contribution in [0.3, 0.4) is 0 Å². The number of benzene rings is 1. The lowest BCUT2D eigenvalue weighted by Crippen LogP contribution is -2.41. The van der Waals surface area contributed by atoms with Crippen LogP contribution in [0.1, 0.15) is 39.4 Å². The number of amides is 1. The molecule has 0 saturated carbocycles. The average Bonchev–Trinajstić information content (AvgIpc) is 3.29. The zero-order valence-corrected chi connectivity index (χ0v) is 17.9. The molecule has 2 heterocycles. The van der Waals surface area contributed by atoms with Gasteiger partial charge in [-0.2, -0.15) is 0 Å². The molecule has 158 valence electrons. The number of rotatable bonds is 8. The van der Waals surface area contributed by atoms with Gasteiger partial charge in [-0.25, -0.2) is 4.39 Å². The summed E-state index contributed by atoms with van der Waals surface area (Å²) in [5, 5.41) is 15.5. The summed E-state index contributed by atoms with van der Waals surface area (Å²) in [7, 11) is 0. The fraction of sp³-hybridized carbons (Fsp3) is 0.550. The van der Waals surface area contributed by atoms with E-state index < -0.39 is 0 Å². The molecule has 1 aromatic heterocycles. The van der Waals surface area contributed by atoms with Crippen LogP contribution in [-0.4, -0.2) is 44.7 Å². The van der Waals surface area contributed by atoms with Crippen molar-refractivity contribution in [2.75, 3.05) is 17.7 Å². The molecule has 1 aliphatic heterocycles. The topological polar surface area (TPSA) is 81.1 Å². The third kappa shape index (κ3) is 6.71. The van der Waals surface area contributed by atoms with Gasteiger partial charge in [0.25, 0.3) is 0 Å². The van der Waals surface area contributed by atoms with Crippen molar-refractivity contribution in [3.63, 3.8) is 0 Å². The molecule has 7 nitrogen and oxygen atoms in total. The molecule has 0 bridgehead atoms. The van der Waals surface area contributed by atoms with E-state index in [1.165, 1.54) is 23.9 Å². The highest BCUT2D eigenvalue weighted by Crippen LogP contribution is 2.22. The van der Waals surface area contributed by atoms with E-state index in [9.17, 15) is 9.18 Å². The number of hydrogen-bond acceptors (Lipinski definition) is 6. The third-order valence-electron chi connectivity index (χ3n) is 4.35. The van der Waals surface area contributed by atoms with Crippen molar-refractivity contribution >= 4 is 23.4 Å². The Morgan fingerprint density at radius 2 is 2.07 bits per heavy atom. The molecule has 0 unspecified atom stereocenters. The minimum atomic E-state index is -0.274. The minimum absolute atomic E-state index is 0.0415. The van der Waals surface area contributed by atoms with Crippen LogP contribution in [-0.2, 0) is 22.6 Å². The number of nitrogens with one attached hydrogen (secondary N) is 2. The second-order valence-electron chi connectivity index (χ2n) is 8.09. The first kappa shape index (κ1) is 21.6. The van der Waals surface area contributed by atoms with Crippen LogP contribution in [0.25, 0.3) is 0 Å². The lowest BCUT2D eigenvalue weighted by Gasteiger charge is -2.20. The molecule has 2 N–H and O–H groups in total. The minimum Gasteiger partial charge on any atom is -0.378 e. The maximum absolute atomic E-state index is 13.1. The number of thioether (sulfide) groups is 1. The van der Waals surface area contributed by atoms with Crippen molar-refractivity contribution in [2.24, 2.45) is 0 Å². The van der Waals surface area contributed by atoms with E-state index in [2.05, 4.69) is 20.8 Å². The van der Waals surface area contributed by atoms with E-state index in [1.54, 1.807) is 12.1 Å². The van der Waals surface area contributed by atoms with E-state index in [4.69, 9.17) is 4.74 Å². The van der Waals surface area contributed by atoms with Gasteiger partial charge in [0, 0.05) is 17.8 Å². The van der Waals surface area contributed by atoms with Gasteiger partial charge in [-0.1, -0.05) is 11.8 Å². The Hall–Kier alpha value is -2.13. The predicted octanol–water partition coefficient (Wildman–Crippen LogP) is 3.22. The quantitative estimate of drug-likeness (QED) is 0.637. The number of carbonyl (C=O) groups excluding carboxylic acids is 1. The van der Waals surface area contributed by atoms with Crippen LogP contribution in [0.2, 0.25) is 0 Å². The highest BCUT2D eigenvalue weighted by atomic mass is 32.2. The molecule has 0 aliphatic carbocycles. The Morgan fingerprint density at radius 3 is 2.72 bits per heavy atom. The molecule has 2 aromatic rings. The molecule has 3 rings (SSSR count). The van der Waals surface area contributed by atoms with E-state index in [-0.39, 0.29) is 29.1 Å². The molecule has 1 fully saturated rings. The maximum atomic E-state index is 13.1. The van der Waals surface area contributed by atoms with Crippen molar-refractivity contribution in [3.05, 3.63) is 35.9 Å². The SMILES string of the molecule is CC(C)(C)NC(=O)CSc1nnc(CNc2ccc(F)cc2)n1C[C@H]1CCCO1. The molecule has 0 radical (unpaired) electrons. The van der Waals surface area contributed by atoms with Gasteiger partial charge in [-0.15, -0.1) is 10.2 Å². The Labute approximate surface area is 174 Å². The summed E-state index contributed by atoms with van der Waals surface area (Å²) < 4.78 is 20.9. The summed E-state index contributed by atoms with van der Waals surface area (Å²) in [5.41, 5.74) is 0.532. The fourth-order valence-electron chi connectivity index (χ4n) is 3.07. The van der Waals surface area contributed by atoms with Gasteiger partial charge in [0.2, 0.25) is 5.91 Å². The number of nitrogens with zero attached hydrogens (tertiary/aromatic N) is 3. The van der Waals surface area contributed by atoms with Gasteiger partial charge in [-0.05, 0) is 57.9 Å². The Balaban J connectivity index is 1.68. The van der Waals surface area contributed by atoms with Crippen LogP contribution in [0.15, 0.2) is 29.4 Å². The van der Waals surface area contributed by atoms with E-state index in [0.717, 1.165) is 31.0 Å². The fourth-order valence-corrected chi connectivity index (χ4v) is 3.83. The normalized spacial score (nSPS) is 16.8. The molecule has 0 spiro atoms. The highest BCUT2D eigenvalue weighted by molar-refractivity contribution is 7.99. The predicted molar refractivity (Wildman–Crippen MR) is 111 cm³/mol. The van der Waals surface area contributed by atoms with Crippen molar-refractivity contribution in [3.8, 4) is 0 Å². The van der Waals surface area contributed by atoms with Gasteiger partial charge < -0.3 is 19.9 Å². The molecule has 9 heteroatoms. The van der Waals surface area contributed by atoms with E-state index in [0.29, 0.717) is 18.2 Å². The van der Waals surface area contributed by atoms with Crippen molar-refractivity contribution in [1.29, 1.82) is 0 Å². The number of halogens is 1. The molecular formula is C20H28FN5O2S. The molecule has 1 aliphatic rings. The lowest BCUT2D eigenvalue weighted by molar-refractivity contribution is -0.119. The zero-order chi connectivity index (χ0) is 20.9. The van der Waals surface area contributed by atoms with Crippen molar-refractivity contribution in [1.82, 2.24) is 20.1 Å². The second kappa shape index (κ2) is 9.58. The summed E-state index contributed by atoms with van der Waals surface area (Å²) in [5.74, 6) is 0.708. The highest BCUT2D eigenvalue weighted by Gasteiger charge is 2.22. The van der Waals surface area contributed by atoms with Crippen LogP contribution < -0.4 is 10.6 Å². The first-order valence-electron chi connectivity index (χ1n) is 9.77. The largest absolute Gasteiger partial charge is 0.378 e. The van der Waals surface area contributed by atoms with Crippen LogP contribution in [0.5, 0.6) is 0 Å². The van der Waals surface area contributed by atoms with Crippen LogP contribution >= 0.6 is 11.8 Å². The molecule has 1 saturated heterocycles. The van der Waals surface area contributed by atoms with Gasteiger partial charge in [-0.3, -0.25) is 4.79 Å². The smallest absolute Gasteiger partial charge is 0.230 e. The molecule has 1 aromatic carbocycles.